The summed E-state index contributed by atoms with van der Waals surface area (Å²) in [6.07, 6.45) is 11.3. The van der Waals surface area contributed by atoms with Crippen LogP contribution < -0.4 is 9.13 Å². The molecule has 3 heteroatoms. The van der Waals surface area contributed by atoms with Gasteiger partial charge in [-0.2, -0.15) is 0 Å². The molecule has 0 saturated heterocycles. The SMILES string of the molecule is Cc1cccc2c1-c1c[n+]3c(cc1C(C)C2)-c1c(ccc2c1oc1c4c(ccc12)CC=C4)C31c2ccccc2-c2cccc[n+]21. The van der Waals surface area contributed by atoms with Gasteiger partial charge in [-0.1, -0.05) is 61.5 Å². The molecule has 0 fully saturated rings. The second-order valence-electron chi connectivity index (χ2n) is 13.4. The fraction of sp³-hybridized carbons (Fsp3) is 0.143. The highest BCUT2D eigenvalue weighted by Gasteiger charge is 2.67. The molecule has 11 rings (SSSR count). The summed E-state index contributed by atoms with van der Waals surface area (Å²) in [6, 6.07) is 34.1. The summed E-state index contributed by atoms with van der Waals surface area (Å²) in [5.41, 5.74) is 18.5. The number of pyridine rings is 2. The van der Waals surface area contributed by atoms with Crippen molar-refractivity contribution in [2.24, 2.45) is 0 Å². The summed E-state index contributed by atoms with van der Waals surface area (Å²) >= 11 is 0. The number of hydrogen-bond acceptors (Lipinski definition) is 1. The van der Waals surface area contributed by atoms with Crippen LogP contribution in [0.4, 0.5) is 0 Å². The predicted molar refractivity (Wildman–Crippen MR) is 178 cm³/mol. The average molecular weight is 579 g/mol. The van der Waals surface area contributed by atoms with Crippen LogP contribution in [0.3, 0.4) is 0 Å². The Bertz CT molecular complexity index is 2480. The number of nitrogens with zero attached hydrogens (tertiary/aromatic N) is 2. The lowest BCUT2D eigenvalue weighted by atomic mass is 9.78. The van der Waals surface area contributed by atoms with Crippen LogP contribution in [0, 0.1) is 6.92 Å². The minimum atomic E-state index is -0.578. The molecule has 2 atom stereocenters. The zero-order valence-corrected chi connectivity index (χ0v) is 25.3. The molecule has 7 aromatic rings. The molecule has 0 bridgehead atoms. The van der Waals surface area contributed by atoms with Crippen LogP contribution in [0.2, 0.25) is 0 Å². The minimum Gasteiger partial charge on any atom is -0.454 e. The van der Waals surface area contributed by atoms with Crippen molar-refractivity contribution in [2.75, 3.05) is 0 Å². The molecule has 0 saturated carbocycles. The Kier molecular flexibility index (Phi) is 4.31. The molecule has 2 aliphatic heterocycles. The summed E-state index contributed by atoms with van der Waals surface area (Å²) in [5.74, 6) is 0.416. The Morgan fingerprint density at radius 1 is 0.733 bits per heavy atom. The number of benzene rings is 4. The van der Waals surface area contributed by atoms with Crippen molar-refractivity contribution in [2.45, 2.75) is 38.3 Å². The highest BCUT2D eigenvalue weighted by atomic mass is 16.3. The molecule has 4 aliphatic rings. The van der Waals surface area contributed by atoms with Crippen LogP contribution >= 0.6 is 0 Å². The van der Waals surface area contributed by atoms with Gasteiger partial charge in [0.25, 0.3) is 0 Å². The van der Waals surface area contributed by atoms with Gasteiger partial charge in [-0.15, -0.1) is 9.13 Å². The second-order valence-corrected chi connectivity index (χ2v) is 13.4. The lowest BCUT2D eigenvalue weighted by Crippen LogP contribution is -2.71. The van der Waals surface area contributed by atoms with E-state index in [-0.39, 0.29) is 0 Å². The van der Waals surface area contributed by atoms with E-state index in [0.717, 1.165) is 24.0 Å². The van der Waals surface area contributed by atoms with E-state index in [9.17, 15) is 0 Å². The quantitative estimate of drug-likeness (QED) is 0.165. The molecular weight excluding hydrogens is 548 g/mol. The fourth-order valence-electron chi connectivity index (χ4n) is 9.28. The van der Waals surface area contributed by atoms with Crippen LogP contribution in [0.5, 0.6) is 0 Å². The van der Waals surface area contributed by atoms with Gasteiger partial charge < -0.3 is 4.42 Å². The van der Waals surface area contributed by atoms with Gasteiger partial charge in [-0.25, -0.2) is 0 Å². The summed E-state index contributed by atoms with van der Waals surface area (Å²) in [6.45, 7) is 4.65. The summed E-state index contributed by atoms with van der Waals surface area (Å²) in [7, 11) is 0. The Morgan fingerprint density at radius 2 is 1.60 bits per heavy atom. The molecule has 45 heavy (non-hydrogen) atoms. The Hall–Kier alpha value is -5.28. The predicted octanol–water partition coefficient (Wildman–Crippen LogP) is 8.62. The maximum absolute atomic E-state index is 7.05. The molecule has 2 unspecified atom stereocenters. The van der Waals surface area contributed by atoms with Crippen molar-refractivity contribution in [3.8, 4) is 33.6 Å². The number of aromatic nitrogens is 2. The van der Waals surface area contributed by atoms with Gasteiger partial charge in [0.1, 0.15) is 27.9 Å². The van der Waals surface area contributed by atoms with Crippen molar-refractivity contribution < 1.29 is 13.6 Å². The molecule has 212 valence electrons. The molecule has 3 nitrogen and oxygen atoms in total. The van der Waals surface area contributed by atoms with Crippen LogP contribution in [-0.4, -0.2) is 0 Å². The van der Waals surface area contributed by atoms with Gasteiger partial charge in [0, 0.05) is 34.5 Å². The first kappa shape index (κ1) is 24.1. The molecule has 3 aromatic heterocycles. The summed E-state index contributed by atoms with van der Waals surface area (Å²) in [4.78, 5) is 0. The Balaban J connectivity index is 1.34. The topological polar surface area (TPSA) is 20.9 Å². The van der Waals surface area contributed by atoms with Gasteiger partial charge in [0.2, 0.25) is 11.4 Å². The van der Waals surface area contributed by atoms with Gasteiger partial charge in [0.05, 0.1) is 11.1 Å². The third kappa shape index (κ3) is 2.71. The van der Waals surface area contributed by atoms with Crippen molar-refractivity contribution >= 4 is 28.0 Å². The van der Waals surface area contributed by atoms with E-state index in [1.807, 2.05) is 0 Å². The normalized spacial score (nSPS) is 19.4. The van der Waals surface area contributed by atoms with Crippen molar-refractivity contribution in [3.63, 3.8) is 0 Å². The highest BCUT2D eigenvalue weighted by molar-refractivity contribution is 6.12. The molecule has 0 radical (unpaired) electrons. The highest BCUT2D eigenvalue weighted by Crippen LogP contribution is 2.52. The maximum atomic E-state index is 7.05. The van der Waals surface area contributed by atoms with Crippen LogP contribution in [-0.2, 0) is 18.5 Å². The Labute approximate surface area is 261 Å². The van der Waals surface area contributed by atoms with E-state index in [2.05, 4.69) is 139 Å². The van der Waals surface area contributed by atoms with Crippen LogP contribution in [0.1, 0.15) is 51.8 Å². The first-order chi connectivity index (χ1) is 22.1. The molecule has 1 spiro atoms. The number of aryl methyl sites for hydroxylation is 1. The molecule has 2 aliphatic carbocycles. The molecule has 0 N–H and O–H groups in total. The second kappa shape index (κ2) is 8.05. The van der Waals surface area contributed by atoms with Crippen LogP contribution in [0.25, 0.3) is 61.7 Å². The fourth-order valence-corrected chi connectivity index (χ4v) is 9.28. The van der Waals surface area contributed by atoms with Gasteiger partial charge in [-0.05, 0) is 83.8 Å². The summed E-state index contributed by atoms with van der Waals surface area (Å²) in [5, 5.41) is 2.38. The van der Waals surface area contributed by atoms with E-state index < -0.39 is 5.66 Å². The zero-order chi connectivity index (χ0) is 29.6. The molecular formula is C42H30N2O+2. The van der Waals surface area contributed by atoms with Crippen molar-refractivity contribution in [3.05, 3.63) is 148 Å². The number of hydrogen-bond donors (Lipinski definition) is 0. The molecule has 5 heterocycles. The smallest absolute Gasteiger partial charge is 0.417 e. The first-order valence-electron chi connectivity index (χ1n) is 16.1. The molecule has 0 amide bonds. The standard InChI is InChI=1S/C42H30N2O/c1-24-9-7-11-27-21-25(2)32-22-37-39-35(19-18-30-29-17-16-26-10-8-13-28(26)40(29)45-41(30)39)42(44(37)23-33(32)38(24)27)34-14-4-3-12-31(34)36-15-5-6-20-43(36)42/h3-9,11-20,22-23,25H,10,21H2,1-2H3/q+2. The number of rotatable bonds is 0. The van der Waals surface area contributed by atoms with Gasteiger partial charge in [-0.3, -0.25) is 0 Å². The number of furan rings is 1. The first-order valence-corrected chi connectivity index (χ1v) is 16.1. The lowest BCUT2D eigenvalue weighted by molar-refractivity contribution is -0.954. The van der Waals surface area contributed by atoms with E-state index >= 15 is 0 Å². The zero-order valence-electron chi connectivity index (χ0n) is 25.3. The van der Waals surface area contributed by atoms with E-state index in [0.29, 0.717) is 5.92 Å². The third-order valence-electron chi connectivity index (χ3n) is 11.1. The number of allylic oxidation sites excluding steroid dienone is 1. The lowest BCUT2D eigenvalue weighted by Gasteiger charge is -2.26. The number of fused-ring (bicyclic) bond motifs is 19. The molecule has 4 aromatic carbocycles. The Morgan fingerprint density at radius 3 is 2.56 bits per heavy atom. The summed E-state index contributed by atoms with van der Waals surface area (Å²) < 4.78 is 12.1. The van der Waals surface area contributed by atoms with Gasteiger partial charge >= 0.3 is 5.66 Å². The van der Waals surface area contributed by atoms with Crippen LogP contribution in [0.15, 0.2) is 114 Å². The minimum absolute atomic E-state index is 0.416. The largest absolute Gasteiger partial charge is 0.454 e. The van der Waals surface area contributed by atoms with E-state index in [4.69, 9.17) is 4.42 Å². The monoisotopic (exact) mass is 578 g/mol. The maximum Gasteiger partial charge on any atom is 0.417 e. The third-order valence-corrected chi connectivity index (χ3v) is 11.1. The van der Waals surface area contributed by atoms with E-state index in [1.54, 1.807) is 0 Å². The average Bonchev–Trinajstić information content (AvgIpc) is 3.82. The van der Waals surface area contributed by atoms with Crippen molar-refractivity contribution in [1.82, 2.24) is 0 Å². The van der Waals surface area contributed by atoms with E-state index in [1.165, 1.54) is 83.4 Å². The van der Waals surface area contributed by atoms with Crippen molar-refractivity contribution in [1.29, 1.82) is 0 Å². The van der Waals surface area contributed by atoms with Gasteiger partial charge in [0.15, 0.2) is 12.4 Å².